The zero-order valence-corrected chi connectivity index (χ0v) is 10.2. The van der Waals surface area contributed by atoms with Crippen molar-refractivity contribution >= 4 is 11.3 Å². The van der Waals surface area contributed by atoms with Crippen LogP contribution in [0.1, 0.15) is 24.7 Å². The molecule has 1 aliphatic carbocycles. The average Bonchev–Trinajstić information content (AvgIpc) is 2.91. The van der Waals surface area contributed by atoms with Crippen LogP contribution in [0.15, 0.2) is 16.0 Å². The molecule has 2 N–H and O–H groups in total. The van der Waals surface area contributed by atoms with Crippen molar-refractivity contribution in [2.24, 2.45) is 11.7 Å². The van der Waals surface area contributed by atoms with E-state index in [0.29, 0.717) is 17.6 Å². The number of nitrogens with two attached hydrogens (primary N) is 1. The lowest BCUT2D eigenvalue weighted by Gasteiger charge is -2.01. The summed E-state index contributed by atoms with van der Waals surface area (Å²) in [7, 11) is 1.63. The van der Waals surface area contributed by atoms with Crippen LogP contribution in [-0.2, 0) is 0 Å². The van der Waals surface area contributed by atoms with Gasteiger partial charge in [0.2, 0.25) is 0 Å². The van der Waals surface area contributed by atoms with E-state index in [9.17, 15) is 0 Å². The van der Waals surface area contributed by atoms with E-state index in [2.05, 4.69) is 10.1 Å². The van der Waals surface area contributed by atoms with Crippen molar-refractivity contribution in [1.29, 1.82) is 0 Å². The Morgan fingerprint density at radius 1 is 1.59 bits per heavy atom. The molecule has 0 spiro atoms. The molecule has 1 atom stereocenters. The predicted molar refractivity (Wildman–Crippen MR) is 63.8 cm³/mol. The fourth-order valence-corrected chi connectivity index (χ4v) is 2.45. The second kappa shape index (κ2) is 4.12. The first-order chi connectivity index (χ1) is 8.28. The minimum Gasteiger partial charge on any atom is -0.496 e. The van der Waals surface area contributed by atoms with Crippen molar-refractivity contribution in [3.63, 3.8) is 0 Å². The molecule has 0 bridgehead atoms. The average molecular weight is 251 g/mol. The molecule has 1 aliphatic rings. The normalized spacial score (nSPS) is 17.1. The van der Waals surface area contributed by atoms with Crippen molar-refractivity contribution in [3.05, 3.63) is 17.3 Å². The Kier molecular flexibility index (Phi) is 2.60. The molecule has 2 heterocycles. The Morgan fingerprint density at radius 3 is 3.06 bits per heavy atom. The van der Waals surface area contributed by atoms with Gasteiger partial charge in [-0.05, 0) is 18.8 Å². The number of thiophene rings is 1. The zero-order chi connectivity index (χ0) is 11.8. The van der Waals surface area contributed by atoms with Crippen LogP contribution in [0, 0.1) is 5.92 Å². The summed E-state index contributed by atoms with van der Waals surface area (Å²) in [5.74, 6) is 2.45. The molecular weight excluding hydrogens is 238 g/mol. The van der Waals surface area contributed by atoms with Crippen LogP contribution in [0.5, 0.6) is 5.75 Å². The van der Waals surface area contributed by atoms with Crippen LogP contribution in [0.3, 0.4) is 0 Å². The first kappa shape index (κ1) is 10.7. The fraction of sp³-hybridized carbons (Fsp3) is 0.455. The van der Waals surface area contributed by atoms with E-state index < -0.39 is 0 Å². The quantitative estimate of drug-likeness (QED) is 0.901. The standard InChI is InChI=1S/C11H13N3O2S/c1-15-7-4-8(17-5-7)11-13-10(14-16-11)9(12)6-2-3-6/h4-6,9H,2-3,12H2,1H3. The molecule has 5 nitrogen and oxygen atoms in total. The number of hydrogen-bond donors (Lipinski definition) is 1. The molecule has 6 heteroatoms. The van der Waals surface area contributed by atoms with Crippen molar-refractivity contribution in [2.75, 3.05) is 7.11 Å². The Morgan fingerprint density at radius 2 is 2.41 bits per heavy atom. The van der Waals surface area contributed by atoms with E-state index in [1.165, 1.54) is 11.3 Å². The molecule has 1 saturated carbocycles. The summed E-state index contributed by atoms with van der Waals surface area (Å²) in [5.41, 5.74) is 6.02. The molecule has 3 rings (SSSR count). The third-order valence-corrected chi connectivity index (χ3v) is 3.79. The molecule has 0 amide bonds. The second-order valence-corrected chi connectivity index (χ2v) is 5.08. The largest absolute Gasteiger partial charge is 0.496 e. The predicted octanol–water partition coefficient (Wildman–Crippen LogP) is 2.22. The number of hydrogen-bond acceptors (Lipinski definition) is 6. The maximum Gasteiger partial charge on any atom is 0.268 e. The van der Waals surface area contributed by atoms with Gasteiger partial charge in [0, 0.05) is 11.4 Å². The minimum absolute atomic E-state index is 0.0886. The molecule has 1 unspecified atom stereocenters. The van der Waals surface area contributed by atoms with Crippen molar-refractivity contribution in [3.8, 4) is 16.5 Å². The van der Waals surface area contributed by atoms with Gasteiger partial charge in [-0.1, -0.05) is 5.16 Å². The molecular formula is C11H13N3O2S. The highest BCUT2D eigenvalue weighted by atomic mass is 32.1. The zero-order valence-electron chi connectivity index (χ0n) is 9.42. The van der Waals surface area contributed by atoms with Crippen LogP contribution in [0.4, 0.5) is 0 Å². The first-order valence-corrected chi connectivity index (χ1v) is 6.38. The Labute approximate surface area is 103 Å². The van der Waals surface area contributed by atoms with Crippen LogP contribution in [0.25, 0.3) is 10.8 Å². The summed E-state index contributed by atoms with van der Waals surface area (Å²) < 4.78 is 10.3. The lowest BCUT2D eigenvalue weighted by Crippen LogP contribution is -2.13. The van der Waals surface area contributed by atoms with E-state index in [1.807, 2.05) is 11.4 Å². The summed E-state index contributed by atoms with van der Waals surface area (Å²) in [4.78, 5) is 5.25. The number of aromatic nitrogens is 2. The van der Waals surface area contributed by atoms with Crippen molar-refractivity contribution < 1.29 is 9.26 Å². The number of methoxy groups -OCH3 is 1. The van der Waals surface area contributed by atoms with E-state index >= 15 is 0 Å². The third-order valence-electron chi connectivity index (χ3n) is 2.89. The number of rotatable bonds is 4. The fourth-order valence-electron chi connectivity index (χ4n) is 1.67. The lowest BCUT2D eigenvalue weighted by atomic mass is 10.2. The maximum atomic E-state index is 6.02. The highest BCUT2D eigenvalue weighted by molar-refractivity contribution is 7.13. The van der Waals surface area contributed by atoms with Crippen LogP contribution in [0.2, 0.25) is 0 Å². The lowest BCUT2D eigenvalue weighted by molar-refractivity contribution is 0.410. The molecule has 0 radical (unpaired) electrons. The molecule has 2 aromatic heterocycles. The Bertz CT molecular complexity index is 518. The number of ether oxygens (including phenoxy) is 1. The third kappa shape index (κ3) is 2.05. The maximum absolute atomic E-state index is 6.02. The van der Waals surface area contributed by atoms with E-state index in [4.69, 9.17) is 15.0 Å². The second-order valence-electron chi connectivity index (χ2n) is 4.17. The van der Waals surface area contributed by atoms with Crippen LogP contribution in [-0.4, -0.2) is 17.3 Å². The van der Waals surface area contributed by atoms with Gasteiger partial charge in [0.05, 0.1) is 18.0 Å². The molecule has 90 valence electrons. The summed E-state index contributed by atoms with van der Waals surface area (Å²) in [6, 6.07) is 1.79. The van der Waals surface area contributed by atoms with E-state index in [0.717, 1.165) is 23.5 Å². The molecule has 0 aliphatic heterocycles. The van der Waals surface area contributed by atoms with Crippen molar-refractivity contribution in [2.45, 2.75) is 18.9 Å². The highest BCUT2D eigenvalue weighted by Crippen LogP contribution is 2.39. The van der Waals surface area contributed by atoms with Gasteiger partial charge in [-0.25, -0.2) is 0 Å². The van der Waals surface area contributed by atoms with Gasteiger partial charge in [-0.2, -0.15) is 4.98 Å². The van der Waals surface area contributed by atoms with Gasteiger partial charge in [-0.15, -0.1) is 11.3 Å². The molecule has 1 fully saturated rings. The van der Waals surface area contributed by atoms with Gasteiger partial charge in [0.15, 0.2) is 5.82 Å². The van der Waals surface area contributed by atoms with Crippen LogP contribution < -0.4 is 10.5 Å². The summed E-state index contributed by atoms with van der Waals surface area (Å²) in [5, 5.41) is 5.85. The van der Waals surface area contributed by atoms with Gasteiger partial charge in [-0.3, -0.25) is 0 Å². The first-order valence-electron chi connectivity index (χ1n) is 5.50. The monoisotopic (exact) mass is 251 g/mol. The summed E-state index contributed by atoms with van der Waals surface area (Å²) >= 11 is 1.51. The SMILES string of the molecule is COc1csc(-c2nc(C(N)C3CC3)no2)c1. The van der Waals surface area contributed by atoms with Gasteiger partial charge in [0.25, 0.3) is 5.89 Å². The van der Waals surface area contributed by atoms with E-state index in [-0.39, 0.29) is 6.04 Å². The summed E-state index contributed by atoms with van der Waals surface area (Å²) in [6.07, 6.45) is 2.33. The Hall–Kier alpha value is -1.40. The van der Waals surface area contributed by atoms with Gasteiger partial charge in [0.1, 0.15) is 5.75 Å². The van der Waals surface area contributed by atoms with Gasteiger partial charge >= 0.3 is 0 Å². The molecule has 0 saturated heterocycles. The Balaban J connectivity index is 1.83. The van der Waals surface area contributed by atoms with Crippen LogP contribution >= 0.6 is 11.3 Å². The highest BCUT2D eigenvalue weighted by Gasteiger charge is 2.32. The molecule has 17 heavy (non-hydrogen) atoms. The van der Waals surface area contributed by atoms with Gasteiger partial charge < -0.3 is 15.0 Å². The minimum atomic E-state index is -0.0886. The summed E-state index contributed by atoms with van der Waals surface area (Å²) in [6.45, 7) is 0. The number of nitrogens with zero attached hydrogens (tertiary/aromatic N) is 2. The smallest absolute Gasteiger partial charge is 0.268 e. The topological polar surface area (TPSA) is 74.2 Å². The van der Waals surface area contributed by atoms with Crippen molar-refractivity contribution in [1.82, 2.24) is 10.1 Å². The molecule has 2 aromatic rings. The van der Waals surface area contributed by atoms with E-state index in [1.54, 1.807) is 7.11 Å². The molecule has 0 aromatic carbocycles.